The summed E-state index contributed by atoms with van der Waals surface area (Å²) in [5, 5.41) is 7.09. The Hall–Kier alpha value is -2.63. The predicted molar refractivity (Wildman–Crippen MR) is 84.1 cm³/mol. The van der Waals surface area contributed by atoms with Gasteiger partial charge in [-0.1, -0.05) is 12.1 Å². The fourth-order valence-electron chi connectivity index (χ4n) is 2.39. The molecule has 0 spiro atoms. The van der Waals surface area contributed by atoms with Gasteiger partial charge in [-0.3, -0.25) is 9.48 Å². The van der Waals surface area contributed by atoms with E-state index in [1.165, 1.54) is 0 Å². The quantitative estimate of drug-likeness (QED) is 0.733. The molecule has 0 saturated carbocycles. The fourth-order valence-corrected chi connectivity index (χ4v) is 2.39. The summed E-state index contributed by atoms with van der Waals surface area (Å²) in [5.41, 5.74) is 1.90. The van der Waals surface area contributed by atoms with Gasteiger partial charge in [0.15, 0.2) is 0 Å². The first-order valence-corrected chi connectivity index (χ1v) is 7.44. The van der Waals surface area contributed by atoms with Gasteiger partial charge < -0.3 is 10.3 Å². The van der Waals surface area contributed by atoms with Crippen LogP contribution in [0.4, 0.5) is 0 Å². The van der Waals surface area contributed by atoms with Crippen molar-refractivity contribution in [2.45, 2.75) is 32.4 Å². The molecule has 6 nitrogen and oxygen atoms in total. The molecule has 2 N–H and O–H groups in total. The number of para-hydroxylation sites is 2. The van der Waals surface area contributed by atoms with E-state index in [1.807, 2.05) is 48.1 Å². The summed E-state index contributed by atoms with van der Waals surface area (Å²) in [6, 6.07) is 9.58. The maximum Gasteiger partial charge on any atom is 0.220 e. The van der Waals surface area contributed by atoms with Crippen LogP contribution in [0.5, 0.6) is 0 Å². The van der Waals surface area contributed by atoms with Crippen molar-refractivity contribution >= 4 is 16.9 Å². The molecule has 6 heteroatoms. The average Bonchev–Trinajstić information content (AvgIpc) is 3.16. The van der Waals surface area contributed by atoms with Gasteiger partial charge in [0.05, 0.1) is 17.1 Å². The summed E-state index contributed by atoms with van der Waals surface area (Å²) < 4.78 is 1.83. The number of amides is 1. The SMILES string of the molecule is C[C@@H](NC(=O)CCCn1cccn1)c1nc2ccccc2[nH]1. The van der Waals surface area contributed by atoms with Gasteiger partial charge in [-0.15, -0.1) is 0 Å². The van der Waals surface area contributed by atoms with E-state index in [0.29, 0.717) is 6.42 Å². The molecule has 2 aromatic heterocycles. The van der Waals surface area contributed by atoms with Gasteiger partial charge >= 0.3 is 0 Å². The van der Waals surface area contributed by atoms with Crippen molar-refractivity contribution in [2.24, 2.45) is 0 Å². The van der Waals surface area contributed by atoms with E-state index in [-0.39, 0.29) is 11.9 Å². The lowest BCUT2D eigenvalue weighted by atomic mass is 10.2. The third-order valence-electron chi connectivity index (χ3n) is 3.55. The van der Waals surface area contributed by atoms with Crippen molar-refractivity contribution in [2.75, 3.05) is 0 Å². The van der Waals surface area contributed by atoms with Crippen LogP contribution in [0.1, 0.15) is 31.6 Å². The molecule has 0 aliphatic rings. The monoisotopic (exact) mass is 297 g/mol. The molecule has 0 aliphatic carbocycles. The molecule has 0 saturated heterocycles. The zero-order chi connectivity index (χ0) is 15.4. The third kappa shape index (κ3) is 3.33. The summed E-state index contributed by atoms with van der Waals surface area (Å²) in [7, 11) is 0. The van der Waals surface area contributed by atoms with Crippen LogP contribution in [-0.4, -0.2) is 25.7 Å². The Morgan fingerprint density at radius 3 is 3.00 bits per heavy atom. The number of carbonyl (C=O) groups excluding carboxylic acids is 1. The molecular formula is C16H19N5O. The van der Waals surface area contributed by atoms with Gasteiger partial charge in [0.1, 0.15) is 5.82 Å². The second-order valence-corrected chi connectivity index (χ2v) is 5.30. The summed E-state index contributed by atoms with van der Waals surface area (Å²) in [5.74, 6) is 0.807. The number of hydrogen-bond acceptors (Lipinski definition) is 3. The van der Waals surface area contributed by atoms with Crippen LogP contribution in [0.3, 0.4) is 0 Å². The number of carbonyl (C=O) groups is 1. The van der Waals surface area contributed by atoms with Crippen LogP contribution >= 0.6 is 0 Å². The van der Waals surface area contributed by atoms with E-state index in [1.54, 1.807) is 6.20 Å². The molecule has 0 unspecified atom stereocenters. The lowest BCUT2D eigenvalue weighted by Gasteiger charge is -2.11. The van der Waals surface area contributed by atoms with Crippen molar-refractivity contribution in [3.63, 3.8) is 0 Å². The summed E-state index contributed by atoms with van der Waals surface area (Å²) in [4.78, 5) is 19.7. The standard InChI is InChI=1S/C16H19N5O/c1-12(16-19-13-6-2-3-7-14(13)20-16)18-15(22)8-4-10-21-11-5-9-17-21/h2-3,5-7,9,11-12H,4,8,10H2,1H3,(H,18,22)(H,19,20)/t12-/m1/s1. The molecule has 1 amide bonds. The number of nitrogens with zero attached hydrogens (tertiary/aromatic N) is 3. The average molecular weight is 297 g/mol. The van der Waals surface area contributed by atoms with E-state index >= 15 is 0 Å². The van der Waals surface area contributed by atoms with Crippen molar-refractivity contribution in [1.29, 1.82) is 0 Å². The van der Waals surface area contributed by atoms with Gasteiger partial charge in [0.25, 0.3) is 0 Å². The van der Waals surface area contributed by atoms with E-state index in [9.17, 15) is 4.79 Å². The van der Waals surface area contributed by atoms with Crippen molar-refractivity contribution in [1.82, 2.24) is 25.1 Å². The lowest BCUT2D eigenvalue weighted by molar-refractivity contribution is -0.121. The number of H-pyrrole nitrogens is 1. The Kier molecular flexibility index (Phi) is 4.18. The first-order chi connectivity index (χ1) is 10.7. The first-order valence-electron chi connectivity index (χ1n) is 7.44. The van der Waals surface area contributed by atoms with Crippen LogP contribution in [0, 0.1) is 0 Å². The molecule has 114 valence electrons. The highest BCUT2D eigenvalue weighted by atomic mass is 16.1. The molecule has 3 aromatic rings. The second-order valence-electron chi connectivity index (χ2n) is 5.30. The van der Waals surface area contributed by atoms with Gasteiger partial charge in [-0.25, -0.2) is 4.98 Å². The zero-order valence-corrected chi connectivity index (χ0v) is 12.5. The normalized spacial score (nSPS) is 12.4. The molecule has 22 heavy (non-hydrogen) atoms. The van der Waals surface area contributed by atoms with Crippen molar-refractivity contribution < 1.29 is 4.79 Å². The molecule has 2 heterocycles. The smallest absolute Gasteiger partial charge is 0.220 e. The number of imidazole rings is 1. The van der Waals surface area contributed by atoms with E-state index < -0.39 is 0 Å². The molecule has 0 aliphatic heterocycles. The fraction of sp³-hybridized carbons (Fsp3) is 0.312. The minimum absolute atomic E-state index is 0.0279. The van der Waals surface area contributed by atoms with Crippen LogP contribution in [-0.2, 0) is 11.3 Å². The number of aryl methyl sites for hydroxylation is 1. The van der Waals surface area contributed by atoms with Gasteiger partial charge in [0, 0.05) is 25.4 Å². The predicted octanol–water partition coefficient (Wildman–Crippen LogP) is 2.42. The number of aromatic nitrogens is 4. The highest BCUT2D eigenvalue weighted by Gasteiger charge is 2.13. The van der Waals surface area contributed by atoms with E-state index in [0.717, 1.165) is 29.8 Å². The van der Waals surface area contributed by atoms with Crippen LogP contribution in [0.2, 0.25) is 0 Å². The van der Waals surface area contributed by atoms with Crippen LogP contribution in [0.15, 0.2) is 42.7 Å². The van der Waals surface area contributed by atoms with Gasteiger partial charge in [-0.2, -0.15) is 5.10 Å². The number of benzene rings is 1. The van der Waals surface area contributed by atoms with Crippen LogP contribution < -0.4 is 5.32 Å². The maximum absolute atomic E-state index is 12.0. The van der Waals surface area contributed by atoms with Crippen molar-refractivity contribution in [3.8, 4) is 0 Å². The molecule has 0 fully saturated rings. The van der Waals surface area contributed by atoms with Gasteiger partial charge in [-0.05, 0) is 31.5 Å². The number of aromatic amines is 1. The minimum atomic E-state index is -0.135. The van der Waals surface area contributed by atoms with E-state index in [4.69, 9.17) is 0 Å². The van der Waals surface area contributed by atoms with Gasteiger partial charge in [0.2, 0.25) is 5.91 Å². The molecule has 1 atom stereocenters. The lowest BCUT2D eigenvalue weighted by Crippen LogP contribution is -2.27. The summed E-state index contributed by atoms with van der Waals surface area (Å²) in [6.07, 6.45) is 4.88. The highest BCUT2D eigenvalue weighted by Crippen LogP contribution is 2.15. The Bertz CT molecular complexity index is 714. The largest absolute Gasteiger partial charge is 0.346 e. The Morgan fingerprint density at radius 2 is 2.23 bits per heavy atom. The Labute approximate surface area is 128 Å². The maximum atomic E-state index is 12.0. The minimum Gasteiger partial charge on any atom is -0.346 e. The first kappa shape index (κ1) is 14.3. The number of rotatable bonds is 6. The third-order valence-corrected chi connectivity index (χ3v) is 3.55. The number of nitrogens with one attached hydrogen (secondary N) is 2. The van der Waals surface area contributed by atoms with Crippen LogP contribution in [0.25, 0.3) is 11.0 Å². The Balaban J connectivity index is 1.52. The topological polar surface area (TPSA) is 75.6 Å². The molecule has 3 rings (SSSR count). The molecule has 0 radical (unpaired) electrons. The molecule has 0 bridgehead atoms. The number of hydrogen-bond donors (Lipinski definition) is 2. The Morgan fingerprint density at radius 1 is 1.36 bits per heavy atom. The zero-order valence-electron chi connectivity index (χ0n) is 12.5. The summed E-state index contributed by atoms with van der Waals surface area (Å²) in [6.45, 7) is 2.68. The second kappa shape index (κ2) is 6.43. The van der Waals surface area contributed by atoms with Crippen molar-refractivity contribution in [3.05, 3.63) is 48.5 Å². The highest BCUT2D eigenvalue weighted by molar-refractivity contribution is 5.77. The number of fused-ring (bicyclic) bond motifs is 1. The molecule has 1 aromatic carbocycles. The molecular weight excluding hydrogens is 278 g/mol. The van der Waals surface area contributed by atoms with E-state index in [2.05, 4.69) is 20.4 Å². The summed E-state index contributed by atoms with van der Waals surface area (Å²) >= 11 is 0.